The predicted octanol–water partition coefficient (Wildman–Crippen LogP) is 4.09. The maximum atomic E-state index is 12.7. The first kappa shape index (κ1) is 20.5. The van der Waals surface area contributed by atoms with E-state index < -0.39 is 0 Å². The molecule has 2 aromatic rings. The molecule has 1 aliphatic rings. The van der Waals surface area contributed by atoms with Gasteiger partial charge in [-0.3, -0.25) is 9.59 Å². The van der Waals surface area contributed by atoms with Gasteiger partial charge in [0.05, 0.1) is 18.2 Å². The van der Waals surface area contributed by atoms with Crippen molar-refractivity contribution in [1.82, 2.24) is 5.32 Å². The normalized spacial score (nSPS) is 13.4. The molecule has 6 nitrogen and oxygen atoms in total. The van der Waals surface area contributed by atoms with Gasteiger partial charge in [-0.25, -0.2) is 0 Å². The zero-order chi connectivity index (χ0) is 20.8. The Morgan fingerprint density at radius 2 is 1.90 bits per heavy atom. The number of benzene rings is 2. The first-order chi connectivity index (χ1) is 14.0. The lowest BCUT2D eigenvalue weighted by Crippen LogP contribution is -2.31. The lowest BCUT2D eigenvalue weighted by molar-refractivity contribution is -0.118. The van der Waals surface area contributed by atoms with Crippen molar-refractivity contribution < 1.29 is 19.1 Å². The van der Waals surface area contributed by atoms with Crippen LogP contribution >= 0.6 is 0 Å². The molecule has 0 aromatic heterocycles. The Balaban J connectivity index is 1.67. The van der Waals surface area contributed by atoms with Crippen LogP contribution in [0.15, 0.2) is 48.0 Å². The smallest absolute Gasteiger partial charge is 0.251 e. The van der Waals surface area contributed by atoms with Crippen molar-refractivity contribution in [2.75, 3.05) is 18.5 Å². The van der Waals surface area contributed by atoms with E-state index in [0.29, 0.717) is 30.1 Å². The summed E-state index contributed by atoms with van der Waals surface area (Å²) in [6.45, 7) is 6.39. The molecule has 2 N–H and O–H groups in total. The fourth-order valence-electron chi connectivity index (χ4n) is 3.06. The largest absolute Gasteiger partial charge is 0.490 e. The van der Waals surface area contributed by atoms with Crippen LogP contribution in [0.5, 0.6) is 11.5 Å². The highest BCUT2D eigenvalue weighted by Gasteiger charge is 2.21. The third-order valence-corrected chi connectivity index (χ3v) is 4.67. The van der Waals surface area contributed by atoms with Gasteiger partial charge in [-0.05, 0) is 43.7 Å². The Labute approximate surface area is 170 Å². The molecular formula is C23H26N2O4. The fourth-order valence-corrected chi connectivity index (χ4v) is 3.06. The predicted molar refractivity (Wildman–Crippen MR) is 113 cm³/mol. The highest BCUT2D eigenvalue weighted by Crippen LogP contribution is 2.35. The van der Waals surface area contributed by atoms with Crippen LogP contribution in [-0.4, -0.2) is 25.0 Å². The molecule has 0 saturated heterocycles. The SMILES string of the molecule is CCOc1cccc2c1OCC(C(=O)NC(C)c1ccc(NC(=O)CC)cc1)=C2. The Bertz CT molecular complexity index is 919. The number of carbonyl (C=O) groups is 2. The molecule has 1 atom stereocenters. The average Bonchev–Trinajstić information content (AvgIpc) is 2.74. The molecule has 0 aliphatic carbocycles. The molecule has 2 aromatic carbocycles. The van der Waals surface area contributed by atoms with Crippen molar-refractivity contribution in [3.8, 4) is 11.5 Å². The quantitative estimate of drug-likeness (QED) is 0.742. The van der Waals surface area contributed by atoms with E-state index in [1.807, 2.05) is 62.4 Å². The first-order valence-corrected chi connectivity index (χ1v) is 9.81. The van der Waals surface area contributed by atoms with Gasteiger partial charge in [0.25, 0.3) is 5.91 Å². The van der Waals surface area contributed by atoms with Gasteiger partial charge in [-0.2, -0.15) is 0 Å². The number of hydrogen-bond acceptors (Lipinski definition) is 4. The minimum atomic E-state index is -0.185. The topological polar surface area (TPSA) is 76.7 Å². The maximum absolute atomic E-state index is 12.7. The molecule has 2 amide bonds. The Kier molecular flexibility index (Phi) is 6.54. The number of anilines is 1. The number of fused-ring (bicyclic) bond motifs is 1. The molecule has 0 bridgehead atoms. The fraction of sp³-hybridized carbons (Fsp3) is 0.304. The summed E-state index contributed by atoms with van der Waals surface area (Å²) in [7, 11) is 0. The molecule has 1 aliphatic heterocycles. The molecule has 6 heteroatoms. The van der Waals surface area contributed by atoms with E-state index in [2.05, 4.69) is 10.6 Å². The third-order valence-electron chi connectivity index (χ3n) is 4.67. The molecule has 152 valence electrons. The number of amides is 2. The second-order valence-electron chi connectivity index (χ2n) is 6.78. The van der Waals surface area contributed by atoms with E-state index in [1.165, 1.54) is 0 Å². The van der Waals surface area contributed by atoms with Gasteiger partial charge in [0.15, 0.2) is 11.5 Å². The van der Waals surface area contributed by atoms with E-state index in [9.17, 15) is 9.59 Å². The summed E-state index contributed by atoms with van der Waals surface area (Å²) in [6, 6.07) is 12.9. The van der Waals surface area contributed by atoms with Crippen molar-refractivity contribution >= 4 is 23.6 Å². The van der Waals surface area contributed by atoms with Crippen molar-refractivity contribution in [1.29, 1.82) is 0 Å². The summed E-state index contributed by atoms with van der Waals surface area (Å²) in [4.78, 5) is 24.2. The Morgan fingerprint density at radius 1 is 1.14 bits per heavy atom. The van der Waals surface area contributed by atoms with Crippen LogP contribution in [-0.2, 0) is 9.59 Å². The highest BCUT2D eigenvalue weighted by molar-refractivity contribution is 5.99. The first-order valence-electron chi connectivity index (χ1n) is 9.81. The molecular weight excluding hydrogens is 368 g/mol. The number of nitrogens with one attached hydrogen (secondary N) is 2. The van der Waals surface area contributed by atoms with Gasteiger partial charge in [-0.1, -0.05) is 31.2 Å². The van der Waals surface area contributed by atoms with Gasteiger partial charge in [0.2, 0.25) is 5.91 Å². The molecule has 0 spiro atoms. The summed E-state index contributed by atoms with van der Waals surface area (Å²) >= 11 is 0. The van der Waals surface area contributed by atoms with E-state index >= 15 is 0 Å². The Morgan fingerprint density at radius 3 is 2.59 bits per heavy atom. The third kappa shape index (κ3) is 4.96. The molecule has 1 heterocycles. The van der Waals surface area contributed by atoms with E-state index in [0.717, 1.165) is 16.8 Å². The number of hydrogen-bond donors (Lipinski definition) is 2. The summed E-state index contributed by atoms with van der Waals surface area (Å²) in [5.41, 5.74) is 3.08. The summed E-state index contributed by atoms with van der Waals surface area (Å²) < 4.78 is 11.4. The van der Waals surface area contributed by atoms with Crippen LogP contribution in [0.1, 0.15) is 44.4 Å². The highest BCUT2D eigenvalue weighted by atomic mass is 16.5. The molecule has 0 saturated carbocycles. The van der Waals surface area contributed by atoms with Gasteiger partial charge >= 0.3 is 0 Å². The zero-order valence-corrected chi connectivity index (χ0v) is 17.0. The van der Waals surface area contributed by atoms with E-state index in [-0.39, 0.29) is 24.5 Å². The lowest BCUT2D eigenvalue weighted by atomic mass is 10.0. The van der Waals surface area contributed by atoms with Gasteiger partial charge in [-0.15, -0.1) is 0 Å². The van der Waals surface area contributed by atoms with E-state index in [4.69, 9.17) is 9.47 Å². The Hall–Kier alpha value is -3.28. The van der Waals surface area contributed by atoms with Crippen LogP contribution in [0.25, 0.3) is 6.08 Å². The number of rotatable bonds is 7. The van der Waals surface area contributed by atoms with Crippen LogP contribution in [0, 0.1) is 0 Å². The second kappa shape index (κ2) is 9.28. The summed E-state index contributed by atoms with van der Waals surface area (Å²) in [6.07, 6.45) is 2.27. The van der Waals surface area contributed by atoms with Gasteiger partial charge in [0, 0.05) is 17.7 Å². The minimum Gasteiger partial charge on any atom is -0.490 e. The molecule has 3 rings (SSSR count). The number of ether oxygens (including phenoxy) is 2. The van der Waals surface area contributed by atoms with Crippen LogP contribution in [0.4, 0.5) is 5.69 Å². The second-order valence-corrected chi connectivity index (χ2v) is 6.78. The molecule has 29 heavy (non-hydrogen) atoms. The molecule has 0 radical (unpaired) electrons. The number of carbonyl (C=O) groups excluding carboxylic acids is 2. The van der Waals surface area contributed by atoms with Gasteiger partial charge in [0.1, 0.15) is 6.61 Å². The van der Waals surface area contributed by atoms with Crippen molar-refractivity contribution in [2.24, 2.45) is 0 Å². The zero-order valence-electron chi connectivity index (χ0n) is 17.0. The maximum Gasteiger partial charge on any atom is 0.251 e. The molecule has 1 unspecified atom stereocenters. The van der Waals surface area contributed by atoms with Crippen molar-refractivity contribution in [2.45, 2.75) is 33.2 Å². The van der Waals surface area contributed by atoms with Crippen molar-refractivity contribution in [3.05, 3.63) is 59.2 Å². The van der Waals surface area contributed by atoms with Gasteiger partial charge < -0.3 is 20.1 Å². The lowest BCUT2D eigenvalue weighted by Gasteiger charge is -2.21. The van der Waals surface area contributed by atoms with E-state index in [1.54, 1.807) is 6.92 Å². The summed E-state index contributed by atoms with van der Waals surface area (Å²) in [5, 5.41) is 5.81. The molecule has 0 fully saturated rings. The monoisotopic (exact) mass is 394 g/mol. The van der Waals surface area contributed by atoms with Crippen LogP contribution in [0.2, 0.25) is 0 Å². The number of para-hydroxylation sites is 1. The average molecular weight is 394 g/mol. The standard InChI is InChI=1S/C23H26N2O4/c1-4-21(26)25-19-11-9-16(10-12-19)15(3)24-23(27)18-13-17-7-6-8-20(28-5-2)22(17)29-14-18/h6-13,15H,4-5,14H2,1-3H3,(H,24,27)(H,25,26). The minimum absolute atomic E-state index is 0.0314. The van der Waals surface area contributed by atoms with Crippen LogP contribution in [0.3, 0.4) is 0 Å². The summed E-state index contributed by atoms with van der Waals surface area (Å²) in [5.74, 6) is 1.15. The van der Waals surface area contributed by atoms with Crippen molar-refractivity contribution in [3.63, 3.8) is 0 Å². The van der Waals surface area contributed by atoms with Crippen LogP contribution < -0.4 is 20.1 Å².